The van der Waals surface area contributed by atoms with Gasteiger partial charge < -0.3 is 10.3 Å². The molecule has 0 amide bonds. The molecule has 3 nitrogen and oxygen atoms in total. The van der Waals surface area contributed by atoms with Crippen LogP contribution in [0.4, 0.5) is 5.82 Å². The minimum atomic E-state index is 0.436. The monoisotopic (exact) mass is 257 g/mol. The highest BCUT2D eigenvalue weighted by atomic mass is 15.1. The van der Waals surface area contributed by atoms with Gasteiger partial charge in [0.2, 0.25) is 0 Å². The molecule has 3 heteroatoms. The fraction of sp³-hybridized carbons (Fsp3) is 0.438. The number of rotatable bonds is 5. The molecular formula is C16H23N3. The summed E-state index contributed by atoms with van der Waals surface area (Å²) < 4.78 is 2.05. The van der Waals surface area contributed by atoms with E-state index in [0.29, 0.717) is 11.8 Å². The van der Waals surface area contributed by atoms with E-state index in [-0.39, 0.29) is 0 Å². The Morgan fingerprint density at radius 2 is 1.84 bits per heavy atom. The summed E-state index contributed by atoms with van der Waals surface area (Å²) in [5.74, 6) is 1.83. The van der Waals surface area contributed by atoms with Gasteiger partial charge in [-0.3, -0.25) is 0 Å². The standard InChI is InChI=1S/C16H23N3/c1-12(2)10-19-11-18-15(16(19)17)9-13(3)14-7-5-4-6-8-14/h4-8,11-13H,9-10,17H2,1-3H3. The molecule has 1 heterocycles. The lowest BCUT2D eigenvalue weighted by Crippen LogP contribution is -2.08. The summed E-state index contributed by atoms with van der Waals surface area (Å²) in [5, 5.41) is 0. The number of nitrogen functional groups attached to an aromatic ring is 1. The van der Waals surface area contributed by atoms with Crippen molar-refractivity contribution < 1.29 is 0 Å². The summed E-state index contributed by atoms with van der Waals surface area (Å²) >= 11 is 0. The van der Waals surface area contributed by atoms with Crippen molar-refractivity contribution in [1.82, 2.24) is 9.55 Å². The molecule has 2 N–H and O–H groups in total. The predicted molar refractivity (Wildman–Crippen MR) is 80.0 cm³/mol. The maximum atomic E-state index is 6.18. The Balaban J connectivity index is 2.09. The molecule has 0 saturated heterocycles. The minimum absolute atomic E-state index is 0.436. The number of aromatic nitrogens is 2. The third-order valence-corrected chi connectivity index (χ3v) is 3.39. The summed E-state index contributed by atoms with van der Waals surface area (Å²) in [6.07, 6.45) is 2.75. The zero-order chi connectivity index (χ0) is 13.8. The highest BCUT2D eigenvalue weighted by Gasteiger charge is 2.13. The maximum Gasteiger partial charge on any atom is 0.126 e. The van der Waals surface area contributed by atoms with E-state index in [9.17, 15) is 0 Å². The first kappa shape index (κ1) is 13.7. The second-order valence-corrected chi connectivity index (χ2v) is 5.64. The number of benzene rings is 1. The highest BCUT2D eigenvalue weighted by molar-refractivity contribution is 5.37. The molecule has 0 radical (unpaired) electrons. The first-order chi connectivity index (χ1) is 9.08. The van der Waals surface area contributed by atoms with Crippen LogP contribution >= 0.6 is 0 Å². The van der Waals surface area contributed by atoms with E-state index >= 15 is 0 Å². The quantitative estimate of drug-likeness (QED) is 0.891. The van der Waals surface area contributed by atoms with Crippen LogP contribution in [0.25, 0.3) is 0 Å². The molecular weight excluding hydrogens is 234 g/mol. The predicted octanol–water partition coefficient (Wildman–Crippen LogP) is 3.47. The Morgan fingerprint density at radius 3 is 2.47 bits per heavy atom. The average molecular weight is 257 g/mol. The van der Waals surface area contributed by atoms with Crippen LogP contribution in [0.3, 0.4) is 0 Å². The highest BCUT2D eigenvalue weighted by Crippen LogP contribution is 2.22. The van der Waals surface area contributed by atoms with E-state index in [1.165, 1.54) is 5.56 Å². The van der Waals surface area contributed by atoms with Crippen LogP contribution in [0, 0.1) is 5.92 Å². The van der Waals surface area contributed by atoms with Crippen LogP contribution in [-0.4, -0.2) is 9.55 Å². The van der Waals surface area contributed by atoms with Crippen molar-refractivity contribution in [3.05, 3.63) is 47.9 Å². The third-order valence-electron chi connectivity index (χ3n) is 3.39. The Kier molecular flexibility index (Phi) is 4.25. The Labute approximate surface area is 115 Å². The molecule has 0 fully saturated rings. The van der Waals surface area contributed by atoms with Crippen molar-refractivity contribution >= 4 is 5.82 Å². The molecule has 0 saturated carbocycles. The third kappa shape index (κ3) is 3.37. The number of hydrogen-bond acceptors (Lipinski definition) is 2. The van der Waals surface area contributed by atoms with E-state index in [1.54, 1.807) is 0 Å². The van der Waals surface area contributed by atoms with Crippen molar-refractivity contribution in [1.29, 1.82) is 0 Å². The smallest absolute Gasteiger partial charge is 0.126 e. The van der Waals surface area contributed by atoms with Crippen molar-refractivity contribution in [2.75, 3.05) is 5.73 Å². The zero-order valence-electron chi connectivity index (χ0n) is 12.0. The van der Waals surface area contributed by atoms with E-state index in [2.05, 4.69) is 54.6 Å². The van der Waals surface area contributed by atoms with Gasteiger partial charge in [0.25, 0.3) is 0 Å². The fourth-order valence-corrected chi connectivity index (χ4v) is 2.32. The van der Waals surface area contributed by atoms with E-state index in [4.69, 9.17) is 5.73 Å². The second-order valence-electron chi connectivity index (χ2n) is 5.64. The molecule has 19 heavy (non-hydrogen) atoms. The van der Waals surface area contributed by atoms with Crippen molar-refractivity contribution in [2.24, 2.45) is 5.92 Å². The van der Waals surface area contributed by atoms with Gasteiger partial charge in [-0.15, -0.1) is 0 Å². The lowest BCUT2D eigenvalue weighted by molar-refractivity contribution is 0.527. The SMILES string of the molecule is CC(C)Cn1cnc(CC(C)c2ccccc2)c1N. The van der Waals surface area contributed by atoms with Gasteiger partial charge in [0.1, 0.15) is 5.82 Å². The molecule has 0 aliphatic heterocycles. The Morgan fingerprint density at radius 1 is 1.16 bits per heavy atom. The summed E-state index contributed by atoms with van der Waals surface area (Å²) in [6, 6.07) is 10.5. The van der Waals surface area contributed by atoms with Gasteiger partial charge in [0, 0.05) is 6.54 Å². The number of nitrogens with zero attached hydrogens (tertiary/aromatic N) is 2. The number of imidazole rings is 1. The van der Waals surface area contributed by atoms with Crippen LogP contribution in [-0.2, 0) is 13.0 Å². The normalized spacial score (nSPS) is 12.8. The molecule has 0 aliphatic carbocycles. The van der Waals surface area contributed by atoms with Gasteiger partial charge in [-0.2, -0.15) is 0 Å². The van der Waals surface area contributed by atoms with E-state index < -0.39 is 0 Å². The second kappa shape index (κ2) is 5.91. The lowest BCUT2D eigenvalue weighted by atomic mass is 9.96. The molecule has 1 unspecified atom stereocenters. The van der Waals surface area contributed by atoms with Crippen LogP contribution < -0.4 is 5.73 Å². The largest absolute Gasteiger partial charge is 0.384 e. The Bertz CT molecular complexity index is 514. The first-order valence-electron chi connectivity index (χ1n) is 6.92. The number of anilines is 1. The van der Waals surface area contributed by atoms with E-state index in [0.717, 1.165) is 24.5 Å². The van der Waals surface area contributed by atoms with Gasteiger partial charge >= 0.3 is 0 Å². The molecule has 1 atom stereocenters. The van der Waals surface area contributed by atoms with Gasteiger partial charge in [-0.25, -0.2) is 4.98 Å². The van der Waals surface area contributed by atoms with Crippen LogP contribution in [0.2, 0.25) is 0 Å². The number of hydrogen-bond donors (Lipinski definition) is 1. The molecule has 1 aromatic carbocycles. The van der Waals surface area contributed by atoms with Crippen molar-refractivity contribution in [2.45, 2.75) is 39.7 Å². The van der Waals surface area contributed by atoms with Crippen LogP contribution in [0.5, 0.6) is 0 Å². The van der Waals surface area contributed by atoms with Crippen molar-refractivity contribution in [3.8, 4) is 0 Å². The molecule has 1 aromatic heterocycles. The first-order valence-corrected chi connectivity index (χ1v) is 6.92. The molecule has 0 bridgehead atoms. The summed E-state index contributed by atoms with van der Waals surface area (Å²) in [5.41, 5.74) is 8.52. The van der Waals surface area contributed by atoms with Crippen LogP contribution in [0.1, 0.15) is 37.9 Å². The summed E-state index contributed by atoms with van der Waals surface area (Å²) in [4.78, 5) is 4.47. The molecule has 2 rings (SSSR count). The fourth-order valence-electron chi connectivity index (χ4n) is 2.32. The minimum Gasteiger partial charge on any atom is -0.384 e. The molecule has 0 spiro atoms. The molecule has 2 aromatic rings. The topological polar surface area (TPSA) is 43.8 Å². The number of nitrogens with two attached hydrogens (primary N) is 1. The zero-order valence-corrected chi connectivity index (χ0v) is 12.0. The maximum absolute atomic E-state index is 6.18. The Hall–Kier alpha value is -1.77. The van der Waals surface area contributed by atoms with E-state index in [1.807, 2.05) is 12.4 Å². The average Bonchev–Trinajstić information content (AvgIpc) is 2.72. The van der Waals surface area contributed by atoms with Gasteiger partial charge in [0.05, 0.1) is 12.0 Å². The molecule has 0 aliphatic rings. The van der Waals surface area contributed by atoms with Gasteiger partial charge in [-0.1, -0.05) is 51.1 Å². The summed E-state index contributed by atoms with van der Waals surface area (Å²) in [6.45, 7) is 7.52. The van der Waals surface area contributed by atoms with Gasteiger partial charge in [-0.05, 0) is 23.8 Å². The summed E-state index contributed by atoms with van der Waals surface area (Å²) in [7, 11) is 0. The van der Waals surface area contributed by atoms with Gasteiger partial charge in [0.15, 0.2) is 0 Å². The lowest BCUT2D eigenvalue weighted by Gasteiger charge is -2.12. The van der Waals surface area contributed by atoms with Crippen LogP contribution in [0.15, 0.2) is 36.7 Å². The van der Waals surface area contributed by atoms with Crippen molar-refractivity contribution in [3.63, 3.8) is 0 Å². The molecule has 102 valence electrons.